The number of rotatable bonds is 3. The standard InChI is InChI=1S/C19H23N3O3/c1-12(2)18-20-17(21-25-18)13-6-5-9-22(10-13)19(23)15-11-24-16-8-4-3-7-14(15)16/h3-4,7-8,12-13,15H,5-6,9-11H2,1-2H3. The Balaban J connectivity index is 1.48. The van der Waals surface area contributed by atoms with Crippen molar-refractivity contribution in [3.63, 3.8) is 0 Å². The van der Waals surface area contributed by atoms with E-state index in [2.05, 4.69) is 10.1 Å². The lowest BCUT2D eigenvalue weighted by Gasteiger charge is -2.32. The minimum atomic E-state index is -0.202. The number of aromatic nitrogens is 2. The first kappa shape index (κ1) is 16.1. The summed E-state index contributed by atoms with van der Waals surface area (Å²) >= 11 is 0. The quantitative estimate of drug-likeness (QED) is 0.858. The highest BCUT2D eigenvalue weighted by Gasteiger charge is 2.36. The predicted molar refractivity (Wildman–Crippen MR) is 91.6 cm³/mol. The van der Waals surface area contributed by atoms with Gasteiger partial charge < -0.3 is 14.2 Å². The number of hydrogen-bond donors (Lipinski definition) is 0. The maximum absolute atomic E-state index is 13.0. The first-order chi connectivity index (χ1) is 12.1. The van der Waals surface area contributed by atoms with Gasteiger partial charge in [-0.15, -0.1) is 0 Å². The van der Waals surface area contributed by atoms with Crippen LogP contribution in [0.15, 0.2) is 28.8 Å². The summed E-state index contributed by atoms with van der Waals surface area (Å²) < 4.78 is 11.0. The van der Waals surface area contributed by atoms with Crippen LogP contribution in [0.3, 0.4) is 0 Å². The Kier molecular flexibility index (Phi) is 4.19. The van der Waals surface area contributed by atoms with E-state index in [1.165, 1.54) is 0 Å². The van der Waals surface area contributed by atoms with Gasteiger partial charge in [0.2, 0.25) is 11.8 Å². The van der Waals surface area contributed by atoms with Crippen molar-refractivity contribution in [1.29, 1.82) is 0 Å². The van der Waals surface area contributed by atoms with E-state index in [1.807, 2.05) is 43.0 Å². The maximum Gasteiger partial charge on any atom is 0.233 e. The normalized spacial score (nSPS) is 22.8. The Morgan fingerprint density at radius 3 is 2.96 bits per heavy atom. The zero-order valence-corrected chi connectivity index (χ0v) is 14.6. The molecule has 1 fully saturated rings. The van der Waals surface area contributed by atoms with Gasteiger partial charge in [-0.1, -0.05) is 37.2 Å². The Morgan fingerprint density at radius 1 is 1.32 bits per heavy atom. The van der Waals surface area contributed by atoms with E-state index >= 15 is 0 Å². The van der Waals surface area contributed by atoms with Crippen LogP contribution in [0.2, 0.25) is 0 Å². The molecule has 0 N–H and O–H groups in total. The summed E-state index contributed by atoms with van der Waals surface area (Å²) in [6, 6.07) is 7.81. The molecule has 132 valence electrons. The zero-order chi connectivity index (χ0) is 17.4. The van der Waals surface area contributed by atoms with Gasteiger partial charge in [-0.2, -0.15) is 4.98 Å². The molecule has 4 rings (SSSR count). The number of nitrogens with zero attached hydrogens (tertiary/aromatic N) is 3. The van der Waals surface area contributed by atoms with Crippen LogP contribution in [0.1, 0.15) is 61.7 Å². The van der Waals surface area contributed by atoms with Gasteiger partial charge in [0.25, 0.3) is 0 Å². The molecule has 1 amide bonds. The first-order valence-corrected chi connectivity index (χ1v) is 8.97. The number of piperidine rings is 1. The SMILES string of the molecule is CC(C)c1nc(C2CCCN(C(=O)C3COc4ccccc43)C2)no1. The summed E-state index contributed by atoms with van der Waals surface area (Å²) in [5, 5.41) is 4.14. The third kappa shape index (κ3) is 3.01. The van der Waals surface area contributed by atoms with Crippen molar-refractivity contribution in [2.45, 2.75) is 44.4 Å². The smallest absolute Gasteiger partial charge is 0.233 e. The van der Waals surface area contributed by atoms with E-state index in [1.54, 1.807) is 0 Å². The van der Waals surface area contributed by atoms with Crippen LogP contribution in [0, 0.1) is 0 Å². The molecule has 2 aromatic rings. The summed E-state index contributed by atoms with van der Waals surface area (Å²) in [5.41, 5.74) is 0.997. The first-order valence-electron chi connectivity index (χ1n) is 8.97. The topological polar surface area (TPSA) is 68.5 Å². The molecule has 1 aromatic heterocycles. The lowest BCUT2D eigenvalue weighted by Crippen LogP contribution is -2.42. The Labute approximate surface area is 147 Å². The summed E-state index contributed by atoms with van der Waals surface area (Å²) in [4.78, 5) is 19.5. The number of carbonyl (C=O) groups is 1. The largest absolute Gasteiger partial charge is 0.492 e. The van der Waals surface area contributed by atoms with Crippen molar-refractivity contribution in [3.8, 4) is 5.75 Å². The number of carbonyl (C=O) groups excluding carboxylic acids is 1. The highest BCUT2D eigenvalue weighted by atomic mass is 16.5. The molecule has 2 atom stereocenters. The van der Waals surface area contributed by atoms with E-state index in [9.17, 15) is 4.79 Å². The molecule has 2 aliphatic rings. The minimum Gasteiger partial charge on any atom is -0.492 e. The van der Waals surface area contributed by atoms with Crippen LogP contribution in [0.25, 0.3) is 0 Å². The third-order valence-corrected chi connectivity index (χ3v) is 5.05. The van der Waals surface area contributed by atoms with Crippen molar-refractivity contribution in [2.75, 3.05) is 19.7 Å². The van der Waals surface area contributed by atoms with Crippen molar-refractivity contribution in [1.82, 2.24) is 15.0 Å². The molecule has 1 saturated heterocycles. The number of ether oxygens (including phenoxy) is 1. The van der Waals surface area contributed by atoms with Crippen LogP contribution in [-0.4, -0.2) is 40.6 Å². The fourth-order valence-corrected chi connectivity index (χ4v) is 3.62. The van der Waals surface area contributed by atoms with Crippen molar-refractivity contribution in [3.05, 3.63) is 41.5 Å². The Morgan fingerprint density at radius 2 is 2.16 bits per heavy atom. The van der Waals surface area contributed by atoms with Gasteiger partial charge in [0.15, 0.2) is 5.82 Å². The molecular weight excluding hydrogens is 318 g/mol. The van der Waals surface area contributed by atoms with Gasteiger partial charge >= 0.3 is 0 Å². The number of para-hydroxylation sites is 1. The van der Waals surface area contributed by atoms with Gasteiger partial charge in [0, 0.05) is 30.5 Å². The number of amides is 1. The van der Waals surface area contributed by atoms with E-state index < -0.39 is 0 Å². The van der Waals surface area contributed by atoms with Crippen LogP contribution >= 0.6 is 0 Å². The highest BCUT2D eigenvalue weighted by Crippen LogP contribution is 2.36. The molecule has 0 bridgehead atoms. The second-order valence-electron chi connectivity index (χ2n) is 7.17. The molecule has 25 heavy (non-hydrogen) atoms. The summed E-state index contributed by atoms with van der Waals surface area (Å²) in [6.45, 7) is 5.92. The van der Waals surface area contributed by atoms with E-state index in [-0.39, 0.29) is 23.7 Å². The average molecular weight is 341 g/mol. The number of likely N-dealkylation sites (tertiary alicyclic amines) is 1. The average Bonchev–Trinajstić information content (AvgIpc) is 3.28. The predicted octanol–water partition coefficient (Wildman–Crippen LogP) is 3.08. The fraction of sp³-hybridized carbons (Fsp3) is 0.526. The second kappa shape index (κ2) is 6.50. The van der Waals surface area contributed by atoms with Crippen LogP contribution in [0.5, 0.6) is 5.75 Å². The molecule has 0 radical (unpaired) electrons. The monoisotopic (exact) mass is 341 g/mol. The Hall–Kier alpha value is -2.37. The molecule has 1 aromatic carbocycles. The number of benzene rings is 1. The van der Waals surface area contributed by atoms with Crippen molar-refractivity contribution in [2.24, 2.45) is 0 Å². The summed E-state index contributed by atoms with van der Waals surface area (Å²) in [7, 11) is 0. The van der Waals surface area contributed by atoms with Crippen LogP contribution < -0.4 is 4.74 Å². The second-order valence-corrected chi connectivity index (χ2v) is 7.17. The lowest BCUT2D eigenvalue weighted by molar-refractivity contribution is -0.134. The van der Waals surface area contributed by atoms with E-state index in [4.69, 9.17) is 9.26 Å². The maximum atomic E-state index is 13.0. The van der Waals surface area contributed by atoms with E-state index in [0.29, 0.717) is 19.0 Å². The molecule has 0 saturated carbocycles. The van der Waals surface area contributed by atoms with Crippen LogP contribution in [0.4, 0.5) is 0 Å². The zero-order valence-electron chi connectivity index (χ0n) is 14.6. The van der Waals surface area contributed by atoms with Crippen molar-refractivity contribution >= 4 is 5.91 Å². The molecule has 2 aliphatic heterocycles. The highest BCUT2D eigenvalue weighted by molar-refractivity contribution is 5.85. The Bertz CT molecular complexity index is 771. The van der Waals surface area contributed by atoms with Gasteiger partial charge in [-0.05, 0) is 18.9 Å². The van der Waals surface area contributed by atoms with Gasteiger partial charge in [-0.25, -0.2) is 0 Å². The molecule has 0 spiro atoms. The summed E-state index contributed by atoms with van der Waals surface area (Å²) in [6.07, 6.45) is 1.94. The molecule has 2 unspecified atom stereocenters. The van der Waals surface area contributed by atoms with Gasteiger partial charge in [0.1, 0.15) is 18.3 Å². The minimum absolute atomic E-state index is 0.141. The molecule has 6 heteroatoms. The molecule has 3 heterocycles. The van der Waals surface area contributed by atoms with Crippen LogP contribution in [-0.2, 0) is 4.79 Å². The number of hydrogen-bond acceptors (Lipinski definition) is 5. The third-order valence-electron chi connectivity index (χ3n) is 5.05. The van der Waals surface area contributed by atoms with Crippen molar-refractivity contribution < 1.29 is 14.1 Å². The van der Waals surface area contributed by atoms with E-state index in [0.717, 1.165) is 36.5 Å². The molecule has 6 nitrogen and oxygen atoms in total. The number of fused-ring (bicyclic) bond motifs is 1. The van der Waals surface area contributed by atoms with Gasteiger partial charge in [0.05, 0.1) is 0 Å². The lowest BCUT2D eigenvalue weighted by atomic mass is 9.94. The van der Waals surface area contributed by atoms with Gasteiger partial charge in [-0.3, -0.25) is 4.79 Å². The molecular formula is C19H23N3O3. The summed E-state index contributed by atoms with van der Waals surface area (Å²) in [5.74, 6) is 2.52. The fourth-order valence-electron chi connectivity index (χ4n) is 3.62. The molecule has 0 aliphatic carbocycles.